The maximum atomic E-state index is 12.4. The van der Waals surface area contributed by atoms with E-state index in [1.54, 1.807) is 12.3 Å². The number of hydrogen-bond acceptors (Lipinski definition) is 2. The summed E-state index contributed by atoms with van der Waals surface area (Å²) in [7, 11) is 0. The quantitative estimate of drug-likeness (QED) is 0.904. The lowest BCUT2D eigenvalue weighted by atomic mass is 10.0. The molecule has 1 atom stereocenters. The van der Waals surface area contributed by atoms with Crippen LogP contribution in [0.25, 0.3) is 0 Å². The molecule has 0 fully saturated rings. The van der Waals surface area contributed by atoms with Crippen LogP contribution in [0.3, 0.4) is 0 Å². The van der Waals surface area contributed by atoms with E-state index in [2.05, 4.69) is 20.9 Å². The molecule has 100 valence electrons. The van der Waals surface area contributed by atoms with Gasteiger partial charge in [-0.05, 0) is 39.7 Å². The van der Waals surface area contributed by atoms with Gasteiger partial charge < -0.3 is 5.11 Å². The van der Waals surface area contributed by atoms with Crippen LogP contribution in [0.1, 0.15) is 22.8 Å². The fourth-order valence-corrected chi connectivity index (χ4v) is 2.01. The molecule has 0 spiro atoms. The van der Waals surface area contributed by atoms with Crippen molar-refractivity contribution in [1.29, 1.82) is 0 Å². The van der Waals surface area contributed by atoms with Gasteiger partial charge in [0, 0.05) is 22.4 Å². The summed E-state index contributed by atoms with van der Waals surface area (Å²) in [6.07, 6.45) is -2.36. The Bertz CT molecular complexity index is 569. The van der Waals surface area contributed by atoms with Crippen molar-refractivity contribution in [2.75, 3.05) is 0 Å². The third kappa shape index (κ3) is 3.33. The minimum atomic E-state index is -4.37. The van der Waals surface area contributed by atoms with E-state index in [9.17, 15) is 18.3 Å². The second-order valence-corrected chi connectivity index (χ2v) is 4.87. The van der Waals surface area contributed by atoms with Gasteiger partial charge in [-0.15, -0.1) is 0 Å². The summed E-state index contributed by atoms with van der Waals surface area (Å²) in [5.74, 6) is 0. The standard InChI is InChI=1S/C13H9BrF3NO/c14-11-5-9(6-18-7-11)12(19)8-1-3-10(4-2-8)13(15,16)17/h1-7,12,19H. The predicted octanol–water partition coefficient (Wildman–Crippen LogP) is 3.94. The van der Waals surface area contributed by atoms with E-state index in [1.165, 1.54) is 18.3 Å². The van der Waals surface area contributed by atoms with Crippen LogP contribution < -0.4 is 0 Å². The van der Waals surface area contributed by atoms with Crippen LogP contribution in [0, 0.1) is 0 Å². The third-order valence-corrected chi connectivity index (χ3v) is 3.03. The third-order valence-electron chi connectivity index (χ3n) is 2.60. The molecule has 0 saturated heterocycles. The zero-order valence-electron chi connectivity index (χ0n) is 9.53. The molecule has 0 radical (unpaired) electrons. The SMILES string of the molecule is OC(c1ccc(C(F)(F)F)cc1)c1cncc(Br)c1. The fourth-order valence-electron chi connectivity index (χ4n) is 1.62. The molecule has 6 heteroatoms. The average Bonchev–Trinajstić information content (AvgIpc) is 2.37. The van der Waals surface area contributed by atoms with Crippen LogP contribution in [-0.4, -0.2) is 10.1 Å². The summed E-state index contributed by atoms with van der Waals surface area (Å²) in [4.78, 5) is 3.90. The highest BCUT2D eigenvalue weighted by Crippen LogP contribution is 2.31. The molecule has 0 saturated carbocycles. The molecule has 1 N–H and O–H groups in total. The monoisotopic (exact) mass is 331 g/mol. The number of pyridine rings is 1. The van der Waals surface area contributed by atoms with Gasteiger partial charge in [0.2, 0.25) is 0 Å². The second-order valence-electron chi connectivity index (χ2n) is 3.96. The second kappa shape index (κ2) is 5.30. The zero-order valence-corrected chi connectivity index (χ0v) is 11.1. The molecule has 0 aliphatic rings. The largest absolute Gasteiger partial charge is 0.416 e. The van der Waals surface area contributed by atoms with E-state index in [0.717, 1.165) is 12.1 Å². The van der Waals surface area contributed by atoms with E-state index >= 15 is 0 Å². The molecule has 0 bridgehead atoms. The molecule has 1 heterocycles. The average molecular weight is 332 g/mol. The maximum Gasteiger partial charge on any atom is 0.416 e. The fraction of sp³-hybridized carbons (Fsp3) is 0.154. The lowest BCUT2D eigenvalue weighted by Gasteiger charge is -2.13. The van der Waals surface area contributed by atoms with E-state index in [4.69, 9.17) is 0 Å². The minimum absolute atomic E-state index is 0.382. The van der Waals surface area contributed by atoms with E-state index in [0.29, 0.717) is 15.6 Å². The van der Waals surface area contributed by atoms with Gasteiger partial charge in [-0.2, -0.15) is 13.2 Å². The predicted molar refractivity (Wildman–Crippen MR) is 67.4 cm³/mol. The topological polar surface area (TPSA) is 33.1 Å². The lowest BCUT2D eigenvalue weighted by Crippen LogP contribution is -2.06. The Labute approximate surface area is 116 Å². The minimum Gasteiger partial charge on any atom is -0.384 e. The maximum absolute atomic E-state index is 12.4. The molecule has 2 nitrogen and oxygen atoms in total. The zero-order chi connectivity index (χ0) is 14.0. The number of alkyl halides is 3. The lowest BCUT2D eigenvalue weighted by molar-refractivity contribution is -0.137. The van der Waals surface area contributed by atoms with E-state index in [-0.39, 0.29) is 0 Å². The summed E-state index contributed by atoms with van der Waals surface area (Å²) in [5.41, 5.74) is 0.151. The van der Waals surface area contributed by atoms with Crippen molar-refractivity contribution in [2.24, 2.45) is 0 Å². The van der Waals surface area contributed by atoms with Crippen LogP contribution in [-0.2, 0) is 6.18 Å². The number of benzene rings is 1. The molecule has 1 aromatic heterocycles. The Balaban J connectivity index is 2.27. The first-order chi connectivity index (χ1) is 8.88. The van der Waals surface area contributed by atoms with Crippen molar-refractivity contribution in [3.8, 4) is 0 Å². The van der Waals surface area contributed by atoms with Crippen LogP contribution in [0.5, 0.6) is 0 Å². The molecule has 0 amide bonds. The number of halogens is 4. The van der Waals surface area contributed by atoms with E-state index < -0.39 is 17.8 Å². The first-order valence-corrected chi connectivity index (χ1v) is 6.13. The van der Waals surface area contributed by atoms with E-state index in [1.807, 2.05) is 0 Å². The Morgan fingerprint density at radius 2 is 1.68 bits per heavy atom. The number of nitrogens with zero attached hydrogens (tertiary/aromatic N) is 1. The van der Waals surface area contributed by atoms with Gasteiger partial charge in [0.1, 0.15) is 6.10 Å². The summed E-state index contributed by atoms with van der Waals surface area (Å²) in [6, 6.07) is 6.08. The van der Waals surface area contributed by atoms with Crippen molar-refractivity contribution in [1.82, 2.24) is 4.98 Å². The Kier molecular flexibility index (Phi) is 3.91. The summed E-state index contributed by atoms with van der Waals surface area (Å²) < 4.78 is 37.9. The summed E-state index contributed by atoms with van der Waals surface area (Å²) >= 11 is 3.22. The highest BCUT2D eigenvalue weighted by molar-refractivity contribution is 9.10. The number of aromatic nitrogens is 1. The Morgan fingerprint density at radius 3 is 2.21 bits per heavy atom. The van der Waals surface area contributed by atoms with Gasteiger partial charge in [-0.1, -0.05) is 12.1 Å². The Hall–Kier alpha value is -1.40. The molecule has 0 aliphatic carbocycles. The molecule has 0 aliphatic heterocycles. The van der Waals surface area contributed by atoms with Gasteiger partial charge in [-0.25, -0.2) is 0 Å². The highest BCUT2D eigenvalue weighted by atomic mass is 79.9. The molecule has 2 rings (SSSR count). The van der Waals surface area contributed by atoms with Gasteiger partial charge in [0.15, 0.2) is 0 Å². The number of rotatable bonds is 2. The van der Waals surface area contributed by atoms with Crippen molar-refractivity contribution >= 4 is 15.9 Å². The van der Waals surface area contributed by atoms with Crippen LogP contribution >= 0.6 is 15.9 Å². The molecule has 1 unspecified atom stereocenters. The van der Waals surface area contributed by atoms with Gasteiger partial charge in [-0.3, -0.25) is 4.98 Å². The van der Waals surface area contributed by atoms with Crippen molar-refractivity contribution in [3.63, 3.8) is 0 Å². The summed E-state index contributed by atoms with van der Waals surface area (Å²) in [5, 5.41) is 10.1. The smallest absolute Gasteiger partial charge is 0.384 e. The first-order valence-electron chi connectivity index (χ1n) is 5.33. The van der Waals surface area contributed by atoms with Crippen LogP contribution in [0.4, 0.5) is 13.2 Å². The first kappa shape index (κ1) is 14.0. The molecule has 1 aromatic carbocycles. The molecule has 19 heavy (non-hydrogen) atoms. The highest BCUT2D eigenvalue weighted by Gasteiger charge is 2.30. The normalized spacial score (nSPS) is 13.3. The molecular formula is C13H9BrF3NO. The van der Waals surface area contributed by atoms with Crippen molar-refractivity contribution < 1.29 is 18.3 Å². The number of hydrogen-bond donors (Lipinski definition) is 1. The van der Waals surface area contributed by atoms with Crippen LogP contribution in [0.2, 0.25) is 0 Å². The van der Waals surface area contributed by atoms with Gasteiger partial charge >= 0.3 is 6.18 Å². The van der Waals surface area contributed by atoms with Crippen molar-refractivity contribution in [3.05, 3.63) is 63.9 Å². The molecular weight excluding hydrogens is 323 g/mol. The summed E-state index contributed by atoms with van der Waals surface area (Å²) in [6.45, 7) is 0. The number of aliphatic hydroxyl groups is 1. The van der Waals surface area contributed by atoms with Gasteiger partial charge in [0.05, 0.1) is 5.56 Å². The van der Waals surface area contributed by atoms with Crippen molar-refractivity contribution in [2.45, 2.75) is 12.3 Å². The molecule has 2 aromatic rings. The van der Waals surface area contributed by atoms with Crippen LogP contribution in [0.15, 0.2) is 47.2 Å². The Morgan fingerprint density at radius 1 is 1.05 bits per heavy atom. The van der Waals surface area contributed by atoms with Gasteiger partial charge in [0.25, 0.3) is 0 Å². The number of aliphatic hydroxyl groups excluding tert-OH is 1.